The fourth-order valence-electron chi connectivity index (χ4n) is 4.39. The first-order valence-corrected chi connectivity index (χ1v) is 11.5. The summed E-state index contributed by atoms with van der Waals surface area (Å²) in [6, 6.07) is 5.39. The average Bonchev–Trinajstić information content (AvgIpc) is 3.20. The Morgan fingerprint density at radius 2 is 1.91 bits per heavy atom. The van der Waals surface area contributed by atoms with E-state index in [1.54, 1.807) is 16.9 Å². The number of thioether (sulfide) groups is 1. The zero-order valence-electron chi connectivity index (χ0n) is 18.0. The summed E-state index contributed by atoms with van der Waals surface area (Å²) in [5.41, 5.74) is 0.555. The van der Waals surface area contributed by atoms with E-state index >= 15 is 0 Å². The summed E-state index contributed by atoms with van der Waals surface area (Å²) < 4.78 is 30.2. The van der Waals surface area contributed by atoms with Crippen molar-refractivity contribution >= 4 is 33.3 Å². The van der Waals surface area contributed by atoms with Crippen LogP contribution in [0.4, 0.5) is 14.6 Å². The van der Waals surface area contributed by atoms with E-state index in [1.165, 1.54) is 12.1 Å². The number of aromatic nitrogens is 3. The maximum atomic E-state index is 14.7. The van der Waals surface area contributed by atoms with E-state index < -0.39 is 17.2 Å². The van der Waals surface area contributed by atoms with E-state index in [4.69, 9.17) is 15.8 Å². The van der Waals surface area contributed by atoms with Gasteiger partial charge in [0.15, 0.2) is 5.65 Å². The third-order valence-electron chi connectivity index (χ3n) is 6.78. The number of fused-ring (bicyclic) bond motifs is 1. The highest BCUT2D eigenvalue weighted by Gasteiger charge is 2.43. The molecule has 1 aromatic carbocycles. The first-order valence-electron chi connectivity index (χ1n) is 10.6. The van der Waals surface area contributed by atoms with E-state index in [-0.39, 0.29) is 10.5 Å². The van der Waals surface area contributed by atoms with Gasteiger partial charge in [0.1, 0.15) is 22.5 Å². The van der Waals surface area contributed by atoms with Gasteiger partial charge in [-0.15, -0.1) is 0 Å². The number of hydrogen-bond acceptors (Lipinski definition) is 6. The highest BCUT2D eigenvalue weighted by atomic mass is 32.2. The molecular formula is C23H24F2N6S. The van der Waals surface area contributed by atoms with E-state index in [1.807, 2.05) is 24.8 Å². The van der Waals surface area contributed by atoms with E-state index in [0.29, 0.717) is 40.6 Å². The molecule has 0 bridgehead atoms. The molecule has 6 nitrogen and oxygen atoms in total. The molecule has 32 heavy (non-hydrogen) atoms. The first-order chi connectivity index (χ1) is 15.2. The van der Waals surface area contributed by atoms with Gasteiger partial charge in [0, 0.05) is 23.7 Å². The molecule has 2 aliphatic rings. The number of anilines is 1. The molecule has 9 heteroatoms. The Morgan fingerprint density at radius 1 is 1.12 bits per heavy atom. The maximum absolute atomic E-state index is 14.7. The van der Waals surface area contributed by atoms with E-state index in [9.17, 15) is 8.78 Å². The largest absolute Gasteiger partial charge is 0.347 e. The van der Waals surface area contributed by atoms with Crippen LogP contribution in [0.2, 0.25) is 0 Å². The minimum absolute atomic E-state index is 0.106. The summed E-state index contributed by atoms with van der Waals surface area (Å²) in [5, 5.41) is 21.9. The normalized spacial score (nSPS) is 21.8. The molecule has 0 amide bonds. The molecule has 0 unspecified atom stereocenters. The fraction of sp³-hybridized carbons (Fsp3) is 0.391. The highest BCUT2D eigenvalue weighted by Crippen LogP contribution is 2.49. The van der Waals surface area contributed by atoms with Gasteiger partial charge in [0.05, 0.1) is 22.3 Å². The maximum Gasteiger partial charge on any atom is 0.167 e. The Morgan fingerprint density at radius 3 is 2.66 bits per heavy atom. The van der Waals surface area contributed by atoms with Crippen molar-refractivity contribution in [3.8, 4) is 0 Å². The third-order valence-corrected chi connectivity index (χ3v) is 7.90. The van der Waals surface area contributed by atoms with Gasteiger partial charge in [-0.2, -0.15) is 5.10 Å². The molecule has 1 aliphatic carbocycles. The van der Waals surface area contributed by atoms with Crippen LogP contribution >= 0.6 is 11.8 Å². The van der Waals surface area contributed by atoms with Crippen molar-refractivity contribution in [3.63, 3.8) is 0 Å². The molecule has 2 fully saturated rings. The summed E-state index contributed by atoms with van der Waals surface area (Å²) in [4.78, 5) is 6.79. The van der Waals surface area contributed by atoms with Crippen LogP contribution in [0.25, 0.3) is 5.65 Å². The van der Waals surface area contributed by atoms with Crippen LogP contribution in [0.3, 0.4) is 0 Å². The number of halogens is 2. The van der Waals surface area contributed by atoms with Gasteiger partial charge < -0.3 is 4.90 Å². The Kier molecular flexibility index (Phi) is 4.85. The van der Waals surface area contributed by atoms with Gasteiger partial charge in [-0.1, -0.05) is 18.7 Å². The predicted molar refractivity (Wildman–Crippen MR) is 123 cm³/mol. The van der Waals surface area contributed by atoms with Crippen LogP contribution in [-0.2, 0) is 5.54 Å². The molecule has 1 aliphatic heterocycles. The van der Waals surface area contributed by atoms with Crippen molar-refractivity contribution in [2.45, 2.75) is 45.1 Å². The zero-order chi connectivity index (χ0) is 22.7. The van der Waals surface area contributed by atoms with Crippen LogP contribution in [0.1, 0.15) is 50.7 Å². The average molecular weight is 455 g/mol. The van der Waals surface area contributed by atoms with E-state index in [2.05, 4.69) is 5.10 Å². The molecule has 0 spiro atoms. The summed E-state index contributed by atoms with van der Waals surface area (Å²) in [7, 11) is 0. The first kappa shape index (κ1) is 21.1. The number of nitrogens with zero attached hydrogens (tertiary/aromatic N) is 4. The van der Waals surface area contributed by atoms with Crippen molar-refractivity contribution in [3.05, 3.63) is 59.4 Å². The number of hydrogen-bond donors (Lipinski definition) is 2. The molecule has 0 radical (unpaired) electrons. The van der Waals surface area contributed by atoms with Gasteiger partial charge >= 0.3 is 0 Å². The Bertz CT molecular complexity index is 1250. The molecule has 1 atom stereocenters. The highest BCUT2D eigenvalue weighted by molar-refractivity contribution is 8.26. The molecule has 2 N–H and O–H groups in total. The Balaban J connectivity index is 1.50. The third kappa shape index (κ3) is 3.39. The SMILES string of the molecule is CC1(C(=N)SC(=N)c2cnn3ccc(N4CCC[C@]4(C)c4cc(F)ccc4F)nc23)CC1. The van der Waals surface area contributed by atoms with Crippen molar-refractivity contribution < 1.29 is 8.78 Å². The van der Waals surface area contributed by atoms with Gasteiger partial charge in [0.2, 0.25) is 0 Å². The quantitative estimate of drug-likeness (QED) is 0.411. The van der Waals surface area contributed by atoms with Gasteiger partial charge in [-0.05, 0) is 56.9 Å². The summed E-state index contributed by atoms with van der Waals surface area (Å²) in [6.07, 6.45) is 6.83. The molecule has 1 saturated carbocycles. The van der Waals surface area contributed by atoms with Crippen molar-refractivity contribution in [1.82, 2.24) is 14.6 Å². The van der Waals surface area contributed by atoms with Gasteiger partial charge in [-0.3, -0.25) is 10.8 Å². The summed E-state index contributed by atoms with van der Waals surface area (Å²) in [6.45, 7) is 4.62. The van der Waals surface area contributed by atoms with Crippen molar-refractivity contribution in [2.24, 2.45) is 5.41 Å². The monoisotopic (exact) mass is 454 g/mol. The number of rotatable bonds is 4. The Labute approximate surface area is 189 Å². The second-order valence-corrected chi connectivity index (χ2v) is 10.1. The fourth-order valence-corrected chi connectivity index (χ4v) is 5.29. The van der Waals surface area contributed by atoms with E-state index in [0.717, 1.165) is 37.1 Å². The number of benzene rings is 1. The second-order valence-electron chi connectivity index (χ2n) is 9.09. The van der Waals surface area contributed by atoms with Gasteiger partial charge in [-0.25, -0.2) is 18.3 Å². The molecule has 3 heterocycles. The Hall–Kier alpha value is -2.81. The van der Waals surface area contributed by atoms with Crippen LogP contribution in [0.5, 0.6) is 0 Å². The van der Waals surface area contributed by atoms with Crippen LogP contribution in [0, 0.1) is 27.9 Å². The van der Waals surface area contributed by atoms with Crippen LogP contribution < -0.4 is 4.90 Å². The van der Waals surface area contributed by atoms with Crippen LogP contribution in [0.15, 0.2) is 36.7 Å². The lowest BCUT2D eigenvalue weighted by atomic mass is 9.88. The lowest BCUT2D eigenvalue weighted by molar-refractivity contribution is 0.451. The van der Waals surface area contributed by atoms with Crippen molar-refractivity contribution in [1.29, 1.82) is 10.8 Å². The van der Waals surface area contributed by atoms with Crippen molar-refractivity contribution in [2.75, 3.05) is 11.4 Å². The topological polar surface area (TPSA) is 81.1 Å². The smallest absolute Gasteiger partial charge is 0.167 e. The minimum Gasteiger partial charge on any atom is -0.347 e. The zero-order valence-corrected chi connectivity index (χ0v) is 18.8. The lowest BCUT2D eigenvalue weighted by Crippen LogP contribution is -2.40. The summed E-state index contributed by atoms with van der Waals surface area (Å²) >= 11 is 1.15. The molecule has 1 saturated heterocycles. The standard InChI is InChI=1S/C23H24F2N6S/c1-22(8-9-22)21(27)32-19(26)15-13-28-31-11-6-18(29-20(15)31)30-10-3-7-23(30,2)16-12-14(24)4-5-17(16)25/h4-6,11-13,26-27H,3,7-10H2,1-2H3/t23-/m1/s1. The molecule has 3 aromatic rings. The van der Waals surface area contributed by atoms with Gasteiger partial charge in [0.25, 0.3) is 0 Å². The number of nitrogens with one attached hydrogen (secondary N) is 2. The predicted octanol–water partition coefficient (Wildman–Crippen LogP) is 5.36. The molecular weight excluding hydrogens is 430 g/mol. The molecule has 5 rings (SSSR count). The molecule has 166 valence electrons. The molecule has 2 aromatic heterocycles. The summed E-state index contributed by atoms with van der Waals surface area (Å²) in [5.74, 6) is -0.268. The lowest BCUT2D eigenvalue weighted by Gasteiger charge is -2.37. The minimum atomic E-state index is -0.733. The van der Waals surface area contributed by atoms with Crippen LogP contribution in [-0.4, -0.2) is 31.2 Å². The second kappa shape index (κ2) is 7.37.